The van der Waals surface area contributed by atoms with Crippen molar-refractivity contribution in [1.82, 2.24) is 15.1 Å². The Morgan fingerprint density at radius 3 is 2.39 bits per heavy atom. The molecule has 13 heteroatoms. The molecule has 2 heterocycles. The fourth-order valence-corrected chi connectivity index (χ4v) is 5.41. The highest BCUT2D eigenvalue weighted by Crippen LogP contribution is 2.44. The van der Waals surface area contributed by atoms with Crippen LogP contribution in [0.1, 0.15) is 45.6 Å². The number of para-hydroxylation sites is 1. The van der Waals surface area contributed by atoms with Crippen LogP contribution in [-0.2, 0) is 15.8 Å². The lowest BCUT2D eigenvalue weighted by atomic mass is 9.81. The predicted molar refractivity (Wildman–Crippen MR) is 157 cm³/mol. The van der Waals surface area contributed by atoms with Crippen LogP contribution in [-0.4, -0.2) is 45.7 Å². The Kier molecular flexibility index (Phi) is 8.46. The number of rotatable bonds is 7. The van der Waals surface area contributed by atoms with E-state index in [9.17, 15) is 31.9 Å². The molecule has 0 aliphatic carbocycles. The van der Waals surface area contributed by atoms with Crippen molar-refractivity contribution in [2.45, 2.75) is 37.6 Å². The summed E-state index contributed by atoms with van der Waals surface area (Å²) < 4.78 is 55.2. The van der Waals surface area contributed by atoms with Crippen LogP contribution < -0.4 is 15.5 Å². The molecule has 1 aliphatic heterocycles. The van der Waals surface area contributed by atoms with Crippen LogP contribution >= 0.6 is 11.6 Å². The van der Waals surface area contributed by atoms with E-state index in [0.717, 1.165) is 18.2 Å². The second kappa shape index (κ2) is 12.1. The lowest BCUT2D eigenvalue weighted by Gasteiger charge is -2.38. The summed E-state index contributed by atoms with van der Waals surface area (Å²) in [4.78, 5) is 41.1. The summed E-state index contributed by atoms with van der Waals surface area (Å²) in [6, 6.07) is 18.0. The minimum Gasteiger partial charge on any atom is -0.339 e. The summed E-state index contributed by atoms with van der Waals surface area (Å²) in [6.45, 7) is 3.69. The van der Waals surface area contributed by atoms with Gasteiger partial charge in [-0.25, -0.2) is 9.07 Å². The van der Waals surface area contributed by atoms with Gasteiger partial charge in [0, 0.05) is 29.3 Å². The van der Waals surface area contributed by atoms with Crippen LogP contribution in [0.25, 0.3) is 5.69 Å². The number of aryl methyl sites for hydroxylation is 1. The third-order valence-corrected chi connectivity index (χ3v) is 7.48. The Hall–Kier alpha value is -4.71. The second-order valence-electron chi connectivity index (χ2n) is 10.1. The highest BCUT2D eigenvalue weighted by Gasteiger charge is 2.45. The van der Waals surface area contributed by atoms with Crippen molar-refractivity contribution >= 4 is 40.8 Å². The average Bonchev–Trinajstić information content (AvgIpc) is 3.34. The number of benzene rings is 3. The van der Waals surface area contributed by atoms with E-state index in [0.29, 0.717) is 28.3 Å². The predicted octanol–water partition coefficient (Wildman–Crippen LogP) is 5.97. The van der Waals surface area contributed by atoms with Gasteiger partial charge in [0.2, 0.25) is 0 Å². The van der Waals surface area contributed by atoms with Gasteiger partial charge >= 0.3 is 6.18 Å². The molecular formula is C31H26ClF4N5O3. The highest BCUT2D eigenvalue weighted by molar-refractivity contribution is 6.31. The molecule has 0 saturated heterocycles. The quantitative estimate of drug-likeness (QED) is 0.195. The minimum absolute atomic E-state index is 0.179. The molecule has 228 valence electrons. The Labute approximate surface area is 254 Å². The number of carbonyl (C=O) groups is 3. The number of hydrogen-bond acceptors (Lipinski definition) is 4. The first-order valence-corrected chi connectivity index (χ1v) is 14.0. The van der Waals surface area contributed by atoms with Gasteiger partial charge in [-0.1, -0.05) is 48.0 Å². The second-order valence-corrected chi connectivity index (χ2v) is 10.5. The zero-order valence-corrected chi connectivity index (χ0v) is 24.2. The third kappa shape index (κ3) is 5.89. The number of hydrogen-bond donors (Lipinski definition) is 2. The minimum atomic E-state index is -4.68. The lowest BCUT2D eigenvalue weighted by molar-refractivity contribution is -0.137. The number of nitrogens with zero attached hydrogens (tertiary/aromatic N) is 3. The SMILES string of the molecule is CCN1C(=O)[C@@H](NC(=O)c2cccc(C(F)(F)F)c2)[C@@H](c2cccc(NC(=O)[C@H](F)Cl)c2)c2c(C)nn(-c3ccccc3)c21. The Morgan fingerprint density at radius 1 is 1.02 bits per heavy atom. The van der Waals surface area contributed by atoms with Crippen molar-refractivity contribution in [2.75, 3.05) is 16.8 Å². The number of alkyl halides is 5. The average molecular weight is 628 g/mol. The Morgan fingerprint density at radius 2 is 1.73 bits per heavy atom. The topological polar surface area (TPSA) is 96.3 Å². The van der Waals surface area contributed by atoms with Crippen molar-refractivity contribution in [3.8, 4) is 5.69 Å². The molecule has 3 atom stereocenters. The van der Waals surface area contributed by atoms with Gasteiger partial charge in [-0.3, -0.25) is 19.3 Å². The van der Waals surface area contributed by atoms with E-state index in [4.69, 9.17) is 16.7 Å². The van der Waals surface area contributed by atoms with Crippen molar-refractivity contribution in [2.24, 2.45) is 0 Å². The fourth-order valence-electron chi connectivity index (χ4n) is 5.36. The number of fused-ring (bicyclic) bond motifs is 1. The van der Waals surface area contributed by atoms with E-state index in [2.05, 4.69) is 10.6 Å². The maximum atomic E-state index is 14.2. The molecule has 3 aromatic carbocycles. The zero-order chi connectivity index (χ0) is 31.8. The van der Waals surface area contributed by atoms with Gasteiger partial charge in [-0.15, -0.1) is 0 Å². The molecule has 2 N–H and O–H groups in total. The van der Waals surface area contributed by atoms with E-state index in [1.165, 1.54) is 23.1 Å². The van der Waals surface area contributed by atoms with E-state index >= 15 is 0 Å². The van der Waals surface area contributed by atoms with Gasteiger partial charge < -0.3 is 10.6 Å². The summed E-state index contributed by atoms with van der Waals surface area (Å²) in [5.41, 5.74) is -1.19. The molecular weight excluding hydrogens is 602 g/mol. The van der Waals surface area contributed by atoms with E-state index < -0.39 is 47.1 Å². The Bertz CT molecular complexity index is 1720. The molecule has 4 aromatic rings. The van der Waals surface area contributed by atoms with Gasteiger partial charge in [0.05, 0.1) is 16.9 Å². The molecule has 0 fully saturated rings. The molecule has 0 bridgehead atoms. The summed E-state index contributed by atoms with van der Waals surface area (Å²) >= 11 is 5.29. The van der Waals surface area contributed by atoms with Crippen LogP contribution in [0.2, 0.25) is 0 Å². The summed E-state index contributed by atoms with van der Waals surface area (Å²) in [5, 5.41) is 9.76. The first-order chi connectivity index (χ1) is 20.9. The normalized spacial score (nSPS) is 17.2. The first kappa shape index (κ1) is 30.7. The molecule has 0 radical (unpaired) electrons. The van der Waals surface area contributed by atoms with Crippen molar-refractivity contribution in [3.05, 3.63) is 107 Å². The fraction of sp³-hybridized carbons (Fsp3) is 0.226. The summed E-state index contributed by atoms with van der Waals surface area (Å²) in [7, 11) is 0. The largest absolute Gasteiger partial charge is 0.416 e. The monoisotopic (exact) mass is 627 g/mol. The standard InChI is InChI=1S/C31H26ClF4N5O3/c1-3-40-29-23(17(2)39-41(29)22-13-5-4-6-14-22)24(18-9-8-12-21(16-18)37-28(43)26(32)33)25(30(40)44)38-27(42)19-10-7-11-20(15-19)31(34,35)36/h4-16,24-26H,3H2,1-2H3,(H,37,43)(H,38,42)/t24-,25-,26-/m0/s1. The molecule has 3 amide bonds. The van der Waals surface area contributed by atoms with Gasteiger partial charge in [0.15, 0.2) is 0 Å². The van der Waals surface area contributed by atoms with Gasteiger partial charge in [-0.2, -0.15) is 18.3 Å². The lowest BCUT2D eigenvalue weighted by Crippen LogP contribution is -2.55. The van der Waals surface area contributed by atoms with Crippen LogP contribution in [0.4, 0.5) is 29.1 Å². The molecule has 0 saturated carbocycles. The molecule has 0 unspecified atom stereocenters. The van der Waals surface area contributed by atoms with E-state index in [1.807, 2.05) is 30.3 Å². The van der Waals surface area contributed by atoms with Crippen LogP contribution in [0.5, 0.6) is 0 Å². The van der Waals surface area contributed by atoms with Crippen molar-refractivity contribution in [3.63, 3.8) is 0 Å². The van der Waals surface area contributed by atoms with Gasteiger partial charge in [0.25, 0.3) is 23.4 Å². The number of anilines is 2. The summed E-state index contributed by atoms with van der Waals surface area (Å²) in [5.74, 6) is -2.96. The zero-order valence-electron chi connectivity index (χ0n) is 23.4. The van der Waals surface area contributed by atoms with E-state index in [1.54, 1.807) is 30.7 Å². The molecule has 44 heavy (non-hydrogen) atoms. The molecule has 8 nitrogen and oxygen atoms in total. The number of aromatic nitrogens is 2. The number of nitrogens with one attached hydrogen (secondary N) is 2. The summed E-state index contributed by atoms with van der Waals surface area (Å²) in [6.07, 6.45) is -4.68. The number of amides is 3. The number of carbonyl (C=O) groups excluding carboxylic acids is 3. The highest BCUT2D eigenvalue weighted by atomic mass is 35.5. The smallest absolute Gasteiger partial charge is 0.339 e. The van der Waals surface area contributed by atoms with Gasteiger partial charge in [0.1, 0.15) is 11.9 Å². The van der Waals surface area contributed by atoms with Crippen molar-refractivity contribution < 1.29 is 31.9 Å². The maximum absolute atomic E-state index is 14.2. The molecule has 1 aromatic heterocycles. The van der Waals surface area contributed by atoms with Crippen LogP contribution in [0, 0.1) is 6.92 Å². The Balaban J connectivity index is 1.66. The maximum Gasteiger partial charge on any atom is 0.416 e. The molecule has 1 aliphatic rings. The first-order valence-electron chi connectivity index (χ1n) is 13.5. The number of halogens is 5. The number of likely N-dealkylation sites (N-methyl/N-ethyl adjacent to an activating group) is 1. The van der Waals surface area contributed by atoms with E-state index in [-0.39, 0.29) is 17.8 Å². The van der Waals surface area contributed by atoms with Crippen molar-refractivity contribution in [1.29, 1.82) is 0 Å². The molecule has 5 rings (SSSR count). The molecule has 0 spiro atoms. The van der Waals surface area contributed by atoms with Crippen LogP contribution in [0.15, 0.2) is 78.9 Å². The van der Waals surface area contributed by atoms with Gasteiger partial charge in [-0.05, 0) is 61.9 Å². The van der Waals surface area contributed by atoms with Crippen LogP contribution in [0.3, 0.4) is 0 Å². The third-order valence-electron chi connectivity index (χ3n) is 7.28.